The van der Waals surface area contributed by atoms with Gasteiger partial charge in [-0.3, -0.25) is 9.69 Å². The molecule has 0 bridgehead atoms. The van der Waals surface area contributed by atoms with Crippen molar-refractivity contribution in [2.45, 2.75) is 25.8 Å². The second-order valence-corrected chi connectivity index (χ2v) is 8.55. The maximum atomic E-state index is 12.6. The molecule has 1 heterocycles. The molecular weight excluding hydrogens is 406 g/mol. The predicted octanol–water partition coefficient (Wildman–Crippen LogP) is 5.16. The summed E-state index contributed by atoms with van der Waals surface area (Å²) in [5.74, 6) is -0.147. The van der Waals surface area contributed by atoms with Gasteiger partial charge < -0.3 is 11.1 Å². The number of carbonyl (C=O) groups is 1. The highest BCUT2D eigenvalue weighted by Gasteiger charge is 2.12. The molecule has 1 fully saturated rings. The van der Waals surface area contributed by atoms with E-state index in [0.717, 1.165) is 24.1 Å². The van der Waals surface area contributed by atoms with Crippen molar-refractivity contribution >= 4 is 23.2 Å². The molecule has 0 aliphatic carbocycles. The molecule has 31 heavy (non-hydrogen) atoms. The van der Waals surface area contributed by atoms with Crippen LogP contribution in [-0.2, 0) is 13.0 Å². The number of nitrogens with two attached hydrogens (primary N) is 1. The summed E-state index contributed by atoms with van der Waals surface area (Å²) in [6.07, 6.45) is 3.41. The molecule has 1 amide bonds. The van der Waals surface area contributed by atoms with E-state index in [1.165, 1.54) is 37.1 Å². The van der Waals surface area contributed by atoms with Crippen LogP contribution in [0.25, 0.3) is 11.1 Å². The minimum atomic E-state index is -0.147. The number of nitrogen functional groups attached to an aromatic ring is 1. The molecule has 5 heteroatoms. The summed E-state index contributed by atoms with van der Waals surface area (Å²) in [6.45, 7) is 4.01. The van der Waals surface area contributed by atoms with Gasteiger partial charge >= 0.3 is 0 Å². The Morgan fingerprint density at radius 1 is 0.903 bits per heavy atom. The number of rotatable bonds is 7. The molecule has 0 atom stereocenters. The summed E-state index contributed by atoms with van der Waals surface area (Å²) < 4.78 is 0. The van der Waals surface area contributed by atoms with Crippen LogP contribution in [0.4, 0.5) is 5.69 Å². The Kier molecular flexibility index (Phi) is 6.90. The number of nitrogens with zero attached hydrogens (tertiary/aromatic N) is 1. The highest BCUT2D eigenvalue weighted by Crippen LogP contribution is 2.25. The third-order valence-corrected chi connectivity index (χ3v) is 6.05. The smallest absolute Gasteiger partial charge is 0.253 e. The summed E-state index contributed by atoms with van der Waals surface area (Å²) in [5.41, 5.74) is 11.7. The number of anilines is 1. The second-order valence-electron chi connectivity index (χ2n) is 8.11. The average molecular weight is 434 g/mol. The first-order chi connectivity index (χ1) is 15.1. The van der Waals surface area contributed by atoms with E-state index in [2.05, 4.69) is 34.5 Å². The zero-order valence-electron chi connectivity index (χ0n) is 17.6. The number of halogens is 1. The Bertz CT molecular complexity index is 1030. The lowest BCUT2D eigenvalue weighted by Gasteiger charge is -2.14. The molecule has 0 unspecified atom stereocenters. The van der Waals surface area contributed by atoms with E-state index >= 15 is 0 Å². The number of amides is 1. The van der Waals surface area contributed by atoms with E-state index in [0.29, 0.717) is 22.8 Å². The highest BCUT2D eigenvalue weighted by atomic mass is 35.5. The van der Waals surface area contributed by atoms with Gasteiger partial charge in [-0.2, -0.15) is 0 Å². The average Bonchev–Trinajstić information content (AvgIpc) is 3.28. The van der Waals surface area contributed by atoms with Crippen molar-refractivity contribution in [3.05, 3.63) is 88.4 Å². The van der Waals surface area contributed by atoms with Gasteiger partial charge in [-0.05, 0) is 78.9 Å². The summed E-state index contributed by atoms with van der Waals surface area (Å²) in [6, 6.07) is 21.8. The zero-order valence-corrected chi connectivity index (χ0v) is 18.4. The third kappa shape index (κ3) is 5.66. The molecule has 0 radical (unpaired) electrons. The first-order valence-corrected chi connectivity index (χ1v) is 11.2. The van der Waals surface area contributed by atoms with Gasteiger partial charge in [0.05, 0.1) is 5.56 Å². The maximum absolute atomic E-state index is 12.6. The van der Waals surface area contributed by atoms with Crippen LogP contribution < -0.4 is 11.1 Å². The van der Waals surface area contributed by atoms with Crippen molar-refractivity contribution in [3.8, 4) is 11.1 Å². The van der Waals surface area contributed by atoms with Crippen LogP contribution in [0.2, 0.25) is 5.02 Å². The van der Waals surface area contributed by atoms with Gasteiger partial charge in [-0.15, -0.1) is 0 Å². The Hall–Kier alpha value is -2.82. The number of hydrogen-bond donors (Lipinski definition) is 2. The topological polar surface area (TPSA) is 58.4 Å². The maximum Gasteiger partial charge on any atom is 0.253 e. The number of likely N-dealkylation sites (tertiary alicyclic amines) is 1. The van der Waals surface area contributed by atoms with Gasteiger partial charge in [0.2, 0.25) is 0 Å². The quantitative estimate of drug-likeness (QED) is 0.506. The molecule has 4 rings (SSSR count). The van der Waals surface area contributed by atoms with Gasteiger partial charge in [-0.1, -0.05) is 54.1 Å². The van der Waals surface area contributed by atoms with Crippen molar-refractivity contribution in [2.24, 2.45) is 0 Å². The van der Waals surface area contributed by atoms with Crippen molar-refractivity contribution in [2.75, 3.05) is 25.4 Å². The lowest BCUT2D eigenvalue weighted by Crippen LogP contribution is -2.26. The van der Waals surface area contributed by atoms with Gasteiger partial charge in [0.25, 0.3) is 5.91 Å². The molecule has 1 aliphatic heterocycles. The molecule has 4 nitrogen and oxygen atoms in total. The second kappa shape index (κ2) is 9.99. The van der Waals surface area contributed by atoms with Gasteiger partial charge in [0.15, 0.2) is 0 Å². The van der Waals surface area contributed by atoms with Crippen LogP contribution in [-0.4, -0.2) is 30.4 Å². The molecule has 3 aromatic rings. The lowest BCUT2D eigenvalue weighted by atomic mass is 10.0. The fourth-order valence-corrected chi connectivity index (χ4v) is 4.14. The summed E-state index contributed by atoms with van der Waals surface area (Å²) in [4.78, 5) is 15.1. The summed E-state index contributed by atoms with van der Waals surface area (Å²) in [5, 5.41) is 3.67. The molecule has 1 saturated heterocycles. The van der Waals surface area contributed by atoms with Crippen LogP contribution in [0.3, 0.4) is 0 Å². The zero-order chi connectivity index (χ0) is 21.6. The van der Waals surface area contributed by atoms with Crippen molar-refractivity contribution in [1.29, 1.82) is 0 Å². The molecule has 3 N–H and O–H groups in total. The van der Waals surface area contributed by atoms with Crippen molar-refractivity contribution < 1.29 is 4.79 Å². The molecule has 1 aliphatic rings. The molecule has 0 saturated carbocycles. The normalized spacial score (nSPS) is 14.0. The van der Waals surface area contributed by atoms with E-state index in [1.807, 2.05) is 36.4 Å². The van der Waals surface area contributed by atoms with Gasteiger partial charge in [0, 0.05) is 23.8 Å². The van der Waals surface area contributed by atoms with Crippen LogP contribution in [0.5, 0.6) is 0 Å². The van der Waals surface area contributed by atoms with E-state index < -0.39 is 0 Å². The van der Waals surface area contributed by atoms with Crippen molar-refractivity contribution in [1.82, 2.24) is 10.2 Å². The number of carbonyl (C=O) groups excluding carboxylic acids is 1. The molecule has 160 valence electrons. The Labute approximate surface area is 189 Å². The first kappa shape index (κ1) is 21.4. The highest BCUT2D eigenvalue weighted by molar-refractivity contribution is 6.30. The number of hydrogen-bond acceptors (Lipinski definition) is 3. The van der Waals surface area contributed by atoms with E-state index in [-0.39, 0.29) is 5.91 Å². The Morgan fingerprint density at radius 2 is 1.55 bits per heavy atom. The Balaban J connectivity index is 1.29. The van der Waals surface area contributed by atoms with Gasteiger partial charge in [0.1, 0.15) is 0 Å². The van der Waals surface area contributed by atoms with E-state index in [1.54, 1.807) is 6.07 Å². The third-order valence-electron chi connectivity index (χ3n) is 5.80. The number of benzene rings is 3. The standard InChI is InChI=1S/C26H28ClN3O/c27-23-10-7-21(8-11-23)22-9-12-24(25(28)17-22)26(31)29-14-13-19-3-5-20(6-4-19)18-30-15-1-2-16-30/h3-12,17H,1-2,13-16,18,28H2,(H,29,31). The molecule has 3 aromatic carbocycles. The van der Waals surface area contributed by atoms with Crippen LogP contribution in [0.1, 0.15) is 34.3 Å². The molecule has 0 spiro atoms. The lowest BCUT2D eigenvalue weighted by molar-refractivity contribution is 0.0955. The minimum Gasteiger partial charge on any atom is -0.398 e. The van der Waals surface area contributed by atoms with Crippen LogP contribution in [0, 0.1) is 0 Å². The first-order valence-electron chi connectivity index (χ1n) is 10.8. The van der Waals surface area contributed by atoms with E-state index in [4.69, 9.17) is 17.3 Å². The van der Waals surface area contributed by atoms with E-state index in [9.17, 15) is 4.79 Å². The monoisotopic (exact) mass is 433 g/mol. The number of nitrogens with one attached hydrogen (secondary N) is 1. The SMILES string of the molecule is Nc1cc(-c2ccc(Cl)cc2)ccc1C(=O)NCCc1ccc(CN2CCCC2)cc1. The molecular formula is C26H28ClN3O. The Morgan fingerprint density at radius 3 is 2.23 bits per heavy atom. The van der Waals surface area contributed by atoms with Crippen LogP contribution in [0.15, 0.2) is 66.7 Å². The predicted molar refractivity (Wildman–Crippen MR) is 128 cm³/mol. The largest absolute Gasteiger partial charge is 0.398 e. The fourth-order valence-electron chi connectivity index (χ4n) is 4.02. The molecule has 0 aromatic heterocycles. The minimum absolute atomic E-state index is 0.147. The summed E-state index contributed by atoms with van der Waals surface area (Å²) in [7, 11) is 0. The summed E-state index contributed by atoms with van der Waals surface area (Å²) >= 11 is 5.95. The fraction of sp³-hybridized carbons (Fsp3) is 0.269. The van der Waals surface area contributed by atoms with Crippen LogP contribution >= 0.6 is 11.6 Å². The van der Waals surface area contributed by atoms with Crippen molar-refractivity contribution in [3.63, 3.8) is 0 Å². The van der Waals surface area contributed by atoms with Gasteiger partial charge in [-0.25, -0.2) is 0 Å².